The highest BCUT2D eigenvalue weighted by molar-refractivity contribution is 5.74. The van der Waals surface area contributed by atoms with Gasteiger partial charge in [0.2, 0.25) is 5.91 Å². The highest BCUT2D eigenvalue weighted by atomic mass is 16.7. The van der Waals surface area contributed by atoms with Gasteiger partial charge in [-0.15, -0.1) is 0 Å². The van der Waals surface area contributed by atoms with E-state index in [0.29, 0.717) is 0 Å². The van der Waals surface area contributed by atoms with Crippen LogP contribution in [0.25, 0.3) is 0 Å². The van der Waals surface area contributed by atoms with Gasteiger partial charge < -0.3 is 35.2 Å². The molecule has 0 radical (unpaired) electrons. The van der Waals surface area contributed by atoms with Crippen molar-refractivity contribution in [1.29, 1.82) is 0 Å². The SMILES string of the molecule is CC(=O)N[C@H]1[C@H](OC[C@H](O)CO)OC(C(=O)O)C[C@@H]1O. The summed E-state index contributed by atoms with van der Waals surface area (Å²) in [7, 11) is 0. The maximum atomic E-state index is 11.1. The molecule has 0 aliphatic carbocycles. The molecule has 0 saturated carbocycles. The summed E-state index contributed by atoms with van der Waals surface area (Å²) in [6.45, 7) is 0.369. The fourth-order valence-corrected chi connectivity index (χ4v) is 1.81. The highest BCUT2D eigenvalue weighted by Gasteiger charge is 2.42. The van der Waals surface area contributed by atoms with E-state index < -0.39 is 49.1 Å². The first-order chi connectivity index (χ1) is 9.35. The molecule has 1 amide bonds. The molecule has 1 rings (SSSR count). The van der Waals surface area contributed by atoms with E-state index in [0.717, 1.165) is 0 Å². The Morgan fingerprint density at radius 2 is 2.15 bits per heavy atom. The molecule has 0 aromatic heterocycles. The van der Waals surface area contributed by atoms with Crippen LogP contribution < -0.4 is 5.32 Å². The lowest BCUT2D eigenvalue weighted by molar-refractivity contribution is -0.241. The molecular weight excluding hydrogens is 274 g/mol. The summed E-state index contributed by atoms with van der Waals surface area (Å²) in [6, 6.07) is -0.950. The first-order valence-corrected chi connectivity index (χ1v) is 6.09. The standard InChI is InChI=1S/C11H19NO8/c1-5(14)12-9-7(16)2-8(10(17)18)20-11(9)19-4-6(15)3-13/h6-9,11,13,15-16H,2-4H2,1H3,(H,12,14)(H,17,18)/t6-,7+,8?,9-,11-/m1/s1. The van der Waals surface area contributed by atoms with E-state index in [1.54, 1.807) is 0 Å². The minimum Gasteiger partial charge on any atom is -0.479 e. The number of nitrogens with one attached hydrogen (secondary N) is 1. The van der Waals surface area contributed by atoms with E-state index in [1.165, 1.54) is 6.92 Å². The molecule has 1 aliphatic rings. The van der Waals surface area contributed by atoms with Crippen LogP contribution in [0.15, 0.2) is 0 Å². The first kappa shape index (κ1) is 16.8. The first-order valence-electron chi connectivity index (χ1n) is 6.09. The van der Waals surface area contributed by atoms with Crippen LogP contribution in [-0.4, -0.2) is 76.2 Å². The van der Waals surface area contributed by atoms with E-state index in [2.05, 4.69) is 5.32 Å². The van der Waals surface area contributed by atoms with Crippen molar-refractivity contribution >= 4 is 11.9 Å². The van der Waals surface area contributed by atoms with Gasteiger partial charge in [0, 0.05) is 13.3 Å². The number of hydrogen-bond acceptors (Lipinski definition) is 7. The van der Waals surface area contributed by atoms with Crippen LogP contribution in [0.5, 0.6) is 0 Å². The Morgan fingerprint density at radius 3 is 2.65 bits per heavy atom. The maximum Gasteiger partial charge on any atom is 0.333 e. The number of aliphatic hydroxyl groups is 3. The van der Waals surface area contributed by atoms with Gasteiger partial charge in [-0.3, -0.25) is 4.79 Å². The van der Waals surface area contributed by atoms with Crippen molar-refractivity contribution in [3.8, 4) is 0 Å². The number of ether oxygens (including phenoxy) is 2. The molecule has 116 valence electrons. The van der Waals surface area contributed by atoms with Crippen molar-refractivity contribution in [3.63, 3.8) is 0 Å². The second kappa shape index (κ2) is 7.50. The van der Waals surface area contributed by atoms with Crippen molar-refractivity contribution in [2.75, 3.05) is 13.2 Å². The van der Waals surface area contributed by atoms with Gasteiger partial charge in [0.25, 0.3) is 0 Å². The zero-order valence-electron chi connectivity index (χ0n) is 10.9. The third-order valence-corrected chi connectivity index (χ3v) is 2.77. The molecule has 5 N–H and O–H groups in total. The minimum atomic E-state index is -1.27. The maximum absolute atomic E-state index is 11.1. The molecule has 1 aliphatic heterocycles. The van der Waals surface area contributed by atoms with E-state index in [9.17, 15) is 19.8 Å². The van der Waals surface area contributed by atoms with Gasteiger partial charge >= 0.3 is 5.97 Å². The Labute approximate surface area is 115 Å². The summed E-state index contributed by atoms with van der Waals surface area (Å²) in [4.78, 5) is 22.0. The lowest BCUT2D eigenvalue weighted by Gasteiger charge is -2.38. The molecule has 1 heterocycles. The largest absolute Gasteiger partial charge is 0.479 e. The fourth-order valence-electron chi connectivity index (χ4n) is 1.81. The number of carboxylic acid groups (broad SMARTS) is 1. The van der Waals surface area contributed by atoms with E-state index >= 15 is 0 Å². The summed E-state index contributed by atoms with van der Waals surface area (Å²) >= 11 is 0. The average Bonchev–Trinajstić information content (AvgIpc) is 2.38. The third kappa shape index (κ3) is 4.69. The number of hydrogen-bond donors (Lipinski definition) is 5. The minimum absolute atomic E-state index is 0.192. The molecule has 0 aromatic carbocycles. The molecule has 9 nitrogen and oxygen atoms in total. The topological polar surface area (TPSA) is 146 Å². The van der Waals surface area contributed by atoms with Crippen LogP contribution in [0.3, 0.4) is 0 Å². The summed E-state index contributed by atoms with van der Waals surface area (Å²) in [5.74, 6) is -1.70. The summed E-state index contributed by atoms with van der Waals surface area (Å²) in [5.41, 5.74) is 0. The smallest absolute Gasteiger partial charge is 0.333 e. The molecule has 5 atom stereocenters. The second-order valence-corrected chi connectivity index (χ2v) is 4.53. The van der Waals surface area contributed by atoms with E-state index in [-0.39, 0.29) is 13.0 Å². The van der Waals surface area contributed by atoms with Crippen molar-refractivity contribution in [3.05, 3.63) is 0 Å². The Balaban J connectivity index is 2.73. The van der Waals surface area contributed by atoms with E-state index in [1.807, 2.05) is 0 Å². The van der Waals surface area contributed by atoms with Crippen LogP contribution in [0.2, 0.25) is 0 Å². The van der Waals surface area contributed by atoms with Gasteiger partial charge in [0.15, 0.2) is 12.4 Å². The third-order valence-electron chi connectivity index (χ3n) is 2.77. The van der Waals surface area contributed by atoms with Crippen LogP contribution in [0.1, 0.15) is 13.3 Å². The van der Waals surface area contributed by atoms with Gasteiger partial charge in [-0.2, -0.15) is 0 Å². The summed E-state index contributed by atoms with van der Waals surface area (Å²) in [5, 5.41) is 39.1. The Bertz CT molecular complexity index is 349. The Morgan fingerprint density at radius 1 is 1.50 bits per heavy atom. The molecule has 0 aromatic rings. The summed E-state index contributed by atoms with van der Waals surface area (Å²) < 4.78 is 10.3. The number of aliphatic carboxylic acids is 1. The number of carbonyl (C=O) groups is 2. The molecule has 0 spiro atoms. The molecule has 20 heavy (non-hydrogen) atoms. The number of aliphatic hydroxyl groups excluding tert-OH is 3. The quantitative estimate of drug-likeness (QED) is 0.359. The lowest BCUT2D eigenvalue weighted by Crippen LogP contribution is -2.59. The van der Waals surface area contributed by atoms with Crippen LogP contribution in [-0.2, 0) is 19.1 Å². The Hall–Kier alpha value is -1.26. The average molecular weight is 293 g/mol. The van der Waals surface area contributed by atoms with Crippen LogP contribution >= 0.6 is 0 Å². The van der Waals surface area contributed by atoms with Crippen LogP contribution in [0.4, 0.5) is 0 Å². The number of rotatable bonds is 6. The van der Waals surface area contributed by atoms with Gasteiger partial charge in [-0.1, -0.05) is 0 Å². The van der Waals surface area contributed by atoms with Crippen molar-refractivity contribution in [2.45, 2.75) is 44.0 Å². The zero-order valence-corrected chi connectivity index (χ0v) is 10.9. The molecular formula is C11H19NO8. The zero-order chi connectivity index (χ0) is 15.3. The van der Waals surface area contributed by atoms with Gasteiger partial charge in [-0.25, -0.2) is 4.79 Å². The van der Waals surface area contributed by atoms with Crippen LogP contribution in [0, 0.1) is 0 Å². The van der Waals surface area contributed by atoms with Crippen molar-refractivity contribution in [1.82, 2.24) is 5.32 Å². The fraction of sp³-hybridized carbons (Fsp3) is 0.818. The van der Waals surface area contributed by atoms with Crippen molar-refractivity contribution < 1.29 is 39.5 Å². The van der Waals surface area contributed by atoms with Crippen molar-refractivity contribution in [2.24, 2.45) is 0 Å². The number of amides is 1. The summed E-state index contributed by atoms with van der Waals surface area (Å²) in [6.07, 6.45) is -5.02. The molecule has 1 fully saturated rings. The molecule has 9 heteroatoms. The molecule has 1 unspecified atom stereocenters. The normalized spacial score (nSPS) is 31.6. The van der Waals surface area contributed by atoms with Gasteiger partial charge in [0.05, 0.1) is 19.3 Å². The monoisotopic (exact) mass is 293 g/mol. The predicted octanol–water partition coefficient (Wildman–Crippen LogP) is -2.58. The lowest BCUT2D eigenvalue weighted by atomic mass is 10.00. The number of carbonyl (C=O) groups excluding carboxylic acids is 1. The van der Waals surface area contributed by atoms with E-state index in [4.69, 9.17) is 19.7 Å². The molecule has 0 bridgehead atoms. The Kier molecular flexibility index (Phi) is 6.30. The molecule has 1 saturated heterocycles. The number of carboxylic acids is 1. The predicted molar refractivity (Wildman–Crippen MR) is 63.6 cm³/mol. The highest BCUT2D eigenvalue weighted by Crippen LogP contribution is 2.22. The van der Waals surface area contributed by atoms with Gasteiger partial charge in [0.1, 0.15) is 12.1 Å². The van der Waals surface area contributed by atoms with Gasteiger partial charge in [-0.05, 0) is 0 Å². The second-order valence-electron chi connectivity index (χ2n) is 4.53.